The lowest BCUT2D eigenvalue weighted by Crippen LogP contribution is -2.42. The zero-order valence-corrected chi connectivity index (χ0v) is 18.5. The average Bonchev–Trinajstić information content (AvgIpc) is 3.12. The molecule has 1 fully saturated rings. The van der Waals surface area contributed by atoms with E-state index in [1.54, 1.807) is 18.2 Å². The molecular formula is C20H31N5O3S. The maximum Gasteiger partial charge on any atom is 0.277 e. The Kier molecular flexibility index (Phi) is 5.33. The molecule has 1 atom stereocenters. The third-order valence-corrected chi connectivity index (χ3v) is 8.56. The van der Waals surface area contributed by atoms with Crippen LogP contribution >= 0.6 is 0 Å². The first kappa shape index (κ1) is 20.6. The number of nitrogens with one attached hydrogen (secondary N) is 1. The first-order chi connectivity index (χ1) is 13.7. The lowest BCUT2D eigenvalue weighted by Gasteiger charge is -2.32. The van der Waals surface area contributed by atoms with Gasteiger partial charge in [-0.25, -0.2) is 22.2 Å². The number of hydrogen-bond donors (Lipinski definition) is 1. The summed E-state index contributed by atoms with van der Waals surface area (Å²) in [5, 5.41) is 2.80. The van der Waals surface area contributed by atoms with Crippen molar-refractivity contribution in [2.45, 2.75) is 70.7 Å². The number of rotatable bonds is 4. The maximum absolute atomic E-state index is 13.1. The number of piperidine rings is 1. The standard InChI is InChI=1S/C20H31N5O3S/c1-13(2)23-9-7-17-16(12-23)20(26)25-19(21-17)10-18(22-25)15-6-5-8-24(11-15)29(27,28)14(3)4/h10,13-15,22H,5-9,11-12H2,1-4H3/t15-/m0/s1. The van der Waals surface area contributed by atoms with Crippen molar-refractivity contribution in [3.8, 4) is 0 Å². The molecule has 1 N–H and O–H groups in total. The Morgan fingerprint density at radius 1 is 1.21 bits per heavy atom. The second-order valence-electron chi connectivity index (χ2n) is 8.85. The summed E-state index contributed by atoms with van der Waals surface area (Å²) in [6.07, 6.45) is 2.49. The van der Waals surface area contributed by atoms with Crippen molar-refractivity contribution in [1.29, 1.82) is 0 Å². The fraction of sp³-hybridized carbons (Fsp3) is 0.700. The first-order valence-electron chi connectivity index (χ1n) is 10.5. The molecule has 0 bridgehead atoms. The molecule has 1 saturated heterocycles. The van der Waals surface area contributed by atoms with Crippen molar-refractivity contribution in [3.63, 3.8) is 0 Å². The first-order valence-corrected chi connectivity index (χ1v) is 12.0. The molecule has 0 aliphatic carbocycles. The third-order valence-electron chi connectivity index (χ3n) is 6.32. The Morgan fingerprint density at radius 3 is 2.66 bits per heavy atom. The summed E-state index contributed by atoms with van der Waals surface area (Å²) in [6.45, 7) is 10.3. The van der Waals surface area contributed by atoms with Crippen molar-refractivity contribution >= 4 is 15.7 Å². The van der Waals surface area contributed by atoms with Crippen molar-refractivity contribution in [1.82, 2.24) is 23.8 Å². The van der Waals surface area contributed by atoms with Crippen LogP contribution in [0, 0.1) is 0 Å². The van der Waals surface area contributed by atoms with Gasteiger partial charge in [0, 0.05) is 56.3 Å². The highest BCUT2D eigenvalue weighted by Gasteiger charge is 2.32. The molecule has 4 rings (SSSR count). The van der Waals surface area contributed by atoms with E-state index in [1.165, 1.54) is 4.52 Å². The van der Waals surface area contributed by atoms with E-state index in [1.807, 2.05) is 6.07 Å². The van der Waals surface area contributed by atoms with Gasteiger partial charge in [-0.1, -0.05) is 0 Å². The predicted molar refractivity (Wildman–Crippen MR) is 113 cm³/mol. The van der Waals surface area contributed by atoms with Gasteiger partial charge in [0.15, 0.2) is 5.65 Å². The number of fused-ring (bicyclic) bond motifs is 2. The molecule has 160 valence electrons. The summed E-state index contributed by atoms with van der Waals surface area (Å²) in [5.41, 5.74) is 3.14. The maximum atomic E-state index is 13.1. The summed E-state index contributed by atoms with van der Waals surface area (Å²) in [6, 6.07) is 2.31. The van der Waals surface area contributed by atoms with Crippen molar-refractivity contribution < 1.29 is 8.42 Å². The fourth-order valence-electron chi connectivity index (χ4n) is 4.40. The minimum atomic E-state index is -3.28. The van der Waals surface area contributed by atoms with Crippen LogP contribution in [0.5, 0.6) is 0 Å². The van der Waals surface area contributed by atoms with Gasteiger partial charge in [-0.2, -0.15) is 0 Å². The molecule has 2 aliphatic heterocycles. The minimum absolute atomic E-state index is 0.0379. The molecule has 0 spiro atoms. The van der Waals surface area contributed by atoms with Gasteiger partial charge >= 0.3 is 0 Å². The zero-order chi connectivity index (χ0) is 20.9. The highest BCUT2D eigenvalue weighted by molar-refractivity contribution is 7.89. The Bertz CT molecular complexity index is 1070. The third kappa shape index (κ3) is 3.64. The van der Waals surface area contributed by atoms with Crippen LogP contribution in [-0.4, -0.2) is 63.1 Å². The fourth-order valence-corrected chi connectivity index (χ4v) is 5.76. The van der Waals surface area contributed by atoms with E-state index in [-0.39, 0.29) is 11.5 Å². The molecule has 2 aliphatic rings. The van der Waals surface area contributed by atoms with Gasteiger partial charge in [0.05, 0.1) is 16.5 Å². The van der Waals surface area contributed by atoms with Gasteiger partial charge < -0.3 is 0 Å². The average molecular weight is 422 g/mol. The molecular weight excluding hydrogens is 390 g/mol. The second-order valence-corrected chi connectivity index (χ2v) is 11.3. The number of aromatic amines is 1. The van der Waals surface area contributed by atoms with Crippen LogP contribution in [-0.2, 0) is 23.0 Å². The predicted octanol–water partition coefficient (Wildman–Crippen LogP) is 1.71. The monoisotopic (exact) mass is 421 g/mol. The van der Waals surface area contributed by atoms with Gasteiger partial charge in [-0.3, -0.25) is 14.8 Å². The molecule has 0 amide bonds. The summed E-state index contributed by atoms with van der Waals surface area (Å²) in [7, 11) is -3.28. The number of nitrogens with zero attached hydrogens (tertiary/aromatic N) is 4. The van der Waals surface area contributed by atoms with Crippen LogP contribution in [0.3, 0.4) is 0 Å². The summed E-state index contributed by atoms with van der Waals surface area (Å²) < 4.78 is 28.3. The smallest absolute Gasteiger partial charge is 0.277 e. The lowest BCUT2D eigenvalue weighted by atomic mass is 9.96. The Balaban J connectivity index is 1.66. The molecule has 9 heteroatoms. The van der Waals surface area contributed by atoms with Gasteiger partial charge in [-0.05, 0) is 40.5 Å². The minimum Gasteiger partial charge on any atom is -0.296 e. The molecule has 0 aromatic carbocycles. The van der Waals surface area contributed by atoms with E-state index in [4.69, 9.17) is 4.98 Å². The van der Waals surface area contributed by atoms with Crippen LogP contribution in [0.2, 0.25) is 0 Å². The SMILES string of the molecule is CC(C)N1CCc2nc3cc([C@H]4CCCN(S(=O)(=O)C(C)C)C4)[nH]n3c(=O)c2C1. The molecule has 8 nitrogen and oxygen atoms in total. The summed E-state index contributed by atoms with van der Waals surface area (Å²) >= 11 is 0. The topological polar surface area (TPSA) is 90.8 Å². The van der Waals surface area contributed by atoms with E-state index in [2.05, 4.69) is 23.8 Å². The van der Waals surface area contributed by atoms with Gasteiger partial charge in [0.2, 0.25) is 10.0 Å². The van der Waals surface area contributed by atoms with E-state index >= 15 is 0 Å². The Hall–Kier alpha value is -1.71. The molecule has 2 aromatic rings. The Morgan fingerprint density at radius 2 is 1.97 bits per heavy atom. The normalized spacial score (nSPS) is 21.9. The van der Waals surface area contributed by atoms with Gasteiger partial charge in [0.1, 0.15) is 0 Å². The van der Waals surface area contributed by atoms with E-state index in [9.17, 15) is 13.2 Å². The van der Waals surface area contributed by atoms with E-state index in [0.29, 0.717) is 31.3 Å². The van der Waals surface area contributed by atoms with Gasteiger partial charge in [-0.15, -0.1) is 0 Å². The van der Waals surface area contributed by atoms with Crippen molar-refractivity contribution in [2.75, 3.05) is 19.6 Å². The van der Waals surface area contributed by atoms with Crippen molar-refractivity contribution in [3.05, 3.63) is 33.4 Å². The van der Waals surface area contributed by atoms with Crippen LogP contribution < -0.4 is 5.56 Å². The Labute approximate surface area is 171 Å². The van der Waals surface area contributed by atoms with Crippen LogP contribution in [0.25, 0.3) is 5.65 Å². The number of sulfonamides is 1. The van der Waals surface area contributed by atoms with Crippen LogP contribution in [0.4, 0.5) is 0 Å². The quantitative estimate of drug-likeness (QED) is 0.812. The molecule has 0 radical (unpaired) electrons. The van der Waals surface area contributed by atoms with Crippen molar-refractivity contribution in [2.24, 2.45) is 0 Å². The van der Waals surface area contributed by atoms with Gasteiger partial charge in [0.25, 0.3) is 5.56 Å². The molecule has 4 heterocycles. The second kappa shape index (κ2) is 7.52. The summed E-state index contributed by atoms with van der Waals surface area (Å²) in [4.78, 5) is 20.2. The molecule has 0 unspecified atom stereocenters. The zero-order valence-electron chi connectivity index (χ0n) is 17.7. The van der Waals surface area contributed by atoms with E-state index < -0.39 is 15.3 Å². The number of aromatic nitrogens is 3. The molecule has 2 aromatic heterocycles. The van der Waals surface area contributed by atoms with Crippen LogP contribution in [0.1, 0.15) is 63.4 Å². The lowest BCUT2D eigenvalue weighted by molar-refractivity contribution is 0.200. The molecule has 29 heavy (non-hydrogen) atoms. The number of hydrogen-bond acceptors (Lipinski definition) is 5. The molecule has 0 saturated carbocycles. The van der Waals surface area contributed by atoms with E-state index in [0.717, 1.165) is 42.8 Å². The highest BCUT2D eigenvalue weighted by atomic mass is 32.2. The largest absolute Gasteiger partial charge is 0.296 e. The van der Waals surface area contributed by atoms with Crippen LogP contribution in [0.15, 0.2) is 10.9 Å². The number of H-pyrrole nitrogens is 1. The summed E-state index contributed by atoms with van der Waals surface area (Å²) in [5.74, 6) is 0.0440. The highest BCUT2D eigenvalue weighted by Crippen LogP contribution is 2.29.